The van der Waals surface area contributed by atoms with Crippen LogP contribution in [-0.4, -0.2) is 29.8 Å². The summed E-state index contributed by atoms with van der Waals surface area (Å²) in [6.45, 7) is 2.75. The summed E-state index contributed by atoms with van der Waals surface area (Å²) in [4.78, 5) is 14.8. The van der Waals surface area contributed by atoms with Gasteiger partial charge in [0.15, 0.2) is 5.82 Å². The van der Waals surface area contributed by atoms with Crippen LogP contribution in [0.3, 0.4) is 0 Å². The van der Waals surface area contributed by atoms with Crippen molar-refractivity contribution in [2.75, 3.05) is 13.7 Å². The number of rotatable bonds is 5. The molecule has 0 aliphatic carbocycles. The van der Waals surface area contributed by atoms with E-state index in [1.807, 2.05) is 6.92 Å². The van der Waals surface area contributed by atoms with E-state index in [4.69, 9.17) is 9.26 Å². The lowest BCUT2D eigenvalue weighted by Gasteiger charge is -1.92. The zero-order valence-electron chi connectivity index (χ0n) is 8.15. The van der Waals surface area contributed by atoms with E-state index in [2.05, 4.69) is 14.9 Å². The van der Waals surface area contributed by atoms with E-state index in [0.29, 0.717) is 19.0 Å². The highest BCUT2D eigenvalue weighted by Crippen LogP contribution is 2.00. The molecule has 0 atom stereocenters. The van der Waals surface area contributed by atoms with Crippen LogP contribution in [0.5, 0.6) is 0 Å². The Labute approximate surface area is 81.2 Å². The molecule has 1 aromatic rings. The van der Waals surface area contributed by atoms with E-state index >= 15 is 0 Å². The highest BCUT2D eigenvalue weighted by atomic mass is 16.5. The molecular weight excluding hydrogens is 188 g/mol. The summed E-state index contributed by atoms with van der Waals surface area (Å²) >= 11 is 0. The predicted octanol–water partition coefficient (Wildman–Crippen LogP) is 0.322. The van der Waals surface area contributed by atoms with Gasteiger partial charge in [0.25, 0.3) is 0 Å². The fraction of sp³-hybridized carbons (Fsp3) is 0.625. The van der Waals surface area contributed by atoms with Crippen molar-refractivity contribution < 1.29 is 18.8 Å². The third kappa shape index (κ3) is 3.14. The Hall–Kier alpha value is -1.43. The second-order valence-electron chi connectivity index (χ2n) is 2.49. The summed E-state index contributed by atoms with van der Waals surface area (Å²) < 4.78 is 14.3. The summed E-state index contributed by atoms with van der Waals surface area (Å²) in [7, 11) is 1.31. The van der Waals surface area contributed by atoms with Crippen molar-refractivity contribution in [3.63, 3.8) is 0 Å². The minimum absolute atomic E-state index is 0.00434. The highest BCUT2D eigenvalue weighted by Gasteiger charge is 2.10. The lowest BCUT2D eigenvalue weighted by atomic mass is 10.4. The standard InChI is InChI=1S/C8H12N2O4/c1-3-13-5-6-9-7(14-10-6)4-8(11)12-2/h3-5H2,1-2H3. The maximum atomic E-state index is 10.8. The fourth-order valence-electron chi connectivity index (χ4n) is 0.810. The Balaban J connectivity index is 2.46. The number of methoxy groups -OCH3 is 1. The maximum Gasteiger partial charge on any atom is 0.315 e. The number of carbonyl (C=O) groups excluding carboxylic acids is 1. The summed E-state index contributed by atoms with van der Waals surface area (Å²) in [6.07, 6.45) is -0.00434. The topological polar surface area (TPSA) is 74.5 Å². The second-order valence-corrected chi connectivity index (χ2v) is 2.49. The first-order chi connectivity index (χ1) is 6.76. The molecule has 0 aromatic carbocycles. The zero-order valence-corrected chi connectivity index (χ0v) is 8.15. The second kappa shape index (κ2) is 5.33. The van der Waals surface area contributed by atoms with Gasteiger partial charge in [-0.1, -0.05) is 5.16 Å². The quantitative estimate of drug-likeness (QED) is 0.637. The molecule has 14 heavy (non-hydrogen) atoms. The monoisotopic (exact) mass is 200 g/mol. The first-order valence-electron chi connectivity index (χ1n) is 4.22. The van der Waals surface area contributed by atoms with E-state index in [0.717, 1.165) is 0 Å². The number of nitrogens with zero attached hydrogens (tertiary/aromatic N) is 2. The number of esters is 1. The van der Waals surface area contributed by atoms with Gasteiger partial charge in [0, 0.05) is 6.61 Å². The summed E-state index contributed by atoms with van der Waals surface area (Å²) in [5.41, 5.74) is 0. The van der Waals surface area contributed by atoms with Gasteiger partial charge in [0.05, 0.1) is 7.11 Å². The van der Waals surface area contributed by atoms with Crippen molar-refractivity contribution >= 4 is 5.97 Å². The average molecular weight is 200 g/mol. The maximum absolute atomic E-state index is 10.8. The van der Waals surface area contributed by atoms with Gasteiger partial charge in [-0.05, 0) is 6.92 Å². The van der Waals surface area contributed by atoms with E-state index < -0.39 is 5.97 Å². The van der Waals surface area contributed by atoms with Crippen LogP contribution in [0.2, 0.25) is 0 Å². The van der Waals surface area contributed by atoms with Crippen LogP contribution in [0.1, 0.15) is 18.6 Å². The number of carbonyl (C=O) groups is 1. The van der Waals surface area contributed by atoms with E-state index in [1.165, 1.54) is 7.11 Å². The molecule has 1 rings (SSSR count). The number of hydrogen-bond acceptors (Lipinski definition) is 6. The van der Waals surface area contributed by atoms with Gasteiger partial charge in [-0.15, -0.1) is 0 Å². The van der Waals surface area contributed by atoms with Crippen molar-refractivity contribution in [3.8, 4) is 0 Å². The molecule has 0 saturated carbocycles. The lowest BCUT2D eigenvalue weighted by Crippen LogP contribution is -2.04. The van der Waals surface area contributed by atoms with Crippen LogP contribution in [0.25, 0.3) is 0 Å². The van der Waals surface area contributed by atoms with Gasteiger partial charge in [0.1, 0.15) is 13.0 Å². The van der Waals surface area contributed by atoms with Crippen LogP contribution in [0.15, 0.2) is 4.52 Å². The molecule has 78 valence electrons. The molecule has 6 heteroatoms. The fourth-order valence-corrected chi connectivity index (χ4v) is 0.810. The van der Waals surface area contributed by atoms with Crippen molar-refractivity contribution in [3.05, 3.63) is 11.7 Å². The molecule has 0 aliphatic rings. The molecule has 0 unspecified atom stereocenters. The van der Waals surface area contributed by atoms with Crippen LogP contribution < -0.4 is 0 Å². The van der Waals surface area contributed by atoms with E-state index in [1.54, 1.807) is 0 Å². The Morgan fingerprint density at radius 1 is 1.57 bits per heavy atom. The molecular formula is C8H12N2O4. The summed E-state index contributed by atoms with van der Waals surface area (Å²) in [5, 5.41) is 3.62. The Bertz CT molecular complexity index is 297. The van der Waals surface area contributed by atoms with Crippen molar-refractivity contribution in [1.82, 2.24) is 10.1 Å². The van der Waals surface area contributed by atoms with Gasteiger partial charge in [-0.3, -0.25) is 4.79 Å². The highest BCUT2D eigenvalue weighted by molar-refractivity contribution is 5.70. The molecule has 1 aromatic heterocycles. The molecule has 0 radical (unpaired) electrons. The summed E-state index contributed by atoms with van der Waals surface area (Å²) in [6, 6.07) is 0. The van der Waals surface area contributed by atoms with Gasteiger partial charge in [-0.2, -0.15) is 4.98 Å². The minimum Gasteiger partial charge on any atom is -0.469 e. The first kappa shape index (κ1) is 10.6. The van der Waals surface area contributed by atoms with Gasteiger partial charge in [0.2, 0.25) is 5.89 Å². The molecule has 6 nitrogen and oxygen atoms in total. The Morgan fingerprint density at radius 2 is 2.36 bits per heavy atom. The minimum atomic E-state index is -0.406. The number of ether oxygens (including phenoxy) is 2. The predicted molar refractivity (Wildman–Crippen MR) is 45.3 cm³/mol. The third-order valence-corrected chi connectivity index (χ3v) is 1.47. The van der Waals surface area contributed by atoms with Crippen LogP contribution in [-0.2, 0) is 27.3 Å². The van der Waals surface area contributed by atoms with E-state index in [9.17, 15) is 4.79 Å². The largest absolute Gasteiger partial charge is 0.469 e. The Morgan fingerprint density at radius 3 is 3.00 bits per heavy atom. The zero-order chi connectivity index (χ0) is 10.4. The van der Waals surface area contributed by atoms with Crippen molar-refractivity contribution in [1.29, 1.82) is 0 Å². The molecule has 1 heterocycles. The molecule has 0 aliphatic heterocycles. The average Bonchev–Trinajstić information content (AvgIpc) is 2.62. The summed E-state index contributed by atoms with van der Waals surface area (Å²) in [5.74, 6) is 0.272. The molecule has 0 N–H and O–H groups in total. The smallest absolute Gasteiger partial charge is 0.315 e. The van der Waals surface area contributed by atoms with Gasteiger partial charge < -0.3 is 14.0 Å². The molecule has 0 amide bonds. The van der Waals surface area contributed by atoms with Crippen LogP contribution in [0, 0.1) is 0 Å². The van der Waals surface area contributed by atoms with E-state index in [-0.39, 0.29) is 12.3 Å². The SMILES string of the molecule is CCOCc1noc(CC(=O)OC)n1. The number of aromatic nitrogens is 2. The van der Waals surface area contributed by atoms with Gasteiger partial charge >= 0.3 is 5.97 Å². The molecule has 0 saturated heterocycles. The Kier molecular flexibility index (Phi) is 4.06. The lowest BCUT2D eigenvalue weighted by molar-refractivity contribution is -0.140. The van der Waals surface area contributed by atoms with Crippen molar-refractivity contribution in [2.45, 2.75) is 20.0 Å². The molecule has 0 fully saturated rings. The first-order valence-corrected chi connectivity index (χ1v) is 4.22. The van der Waals surface area contributed by atoms with Gasteiger partial charge in [-0.25, -0.2) is 0 Å². The molecule has 0 bridgehead atoms. The van der Waals surface area contributed by atoms with Crippen LogP contribution in [0.4, 0.5) is 0 Å². The molecule has 0 spiro atoms. The normalized spacial score (nSPS) is 10.1. The third-order valence-electron chi connectivity index (χ3n) is 1.47. The van der Waals surface area contributed by atoms with Crippen LogP contribution >= 0.6 is 0 Å². The number of hydrogen-bond donors (Lipinski definition) is 0. The van der Waals surface area contributed by atoms with Crippen molar-refractivity contribution in [2.24, 2.45) is 0 Å².